The third kappa shape index (κ3) is 3.55. The molecule has 0 heterocycles. The number of nitrogens with zero attached hydrogens (tertiary/aromatic N) is 1. The van der Waals surface area contributed by atoms with Crippen LogP contribution in [0.4, 0.5) is 17.6 Å². The zero-order valence-electron chi connectivity index (χ0n) is 9.38. The molecule has 1 unspecified atom stereocenters. The molecule has 2 nitrogen and oxygen atoms in total. The fraction of sp³-hybridized carbons (Fsp3) is 0.333. The average Bonchev–Trinajstić information content (AvgIpc) is 2.26. The number of Topliss-reactive ketones (excluding diaryl/α,β-unsaturated/α-hetero) is 1. The molecular formula is C12H9F4NO. The molecule has 0 aliphatic heterocycles. The summed E-state index contributed by atoms with van der Waals surface area (Å²) in [7, 11) is 0. The molecule has 1 atom stereocenters. The zero-order chi connectivity index (χ0) is 13.9. The fourth-order valence-electron chi connectivity index (χ4n) is 1.36. The molecule has 0 aromatic heterocycles. The van der Waals surface area contributed by atoms with E-state index in [-0.39, 0.29) is 12.0 Å². The Labute approximate surface area is 101 Å². The van der Waals surface area contributed by atoms with Crippen LogP contribution in [0, 0.1) is 23.1 Å². The number of nitriles is 1. The average molecular weight is 259 g/mol. The predicted molar refractivity (Wildman–Crippen MR) is 55.1 cm³/mol. The van der Waals surface area contributed by atoms with Gasteiger partial charge in [0.15, 0.2) is 5.78 Å². The number of hydrogen-bond acceptors (Lipinski definition) is 2. The summed E-state index contributed by atoms with van der Waals surface area (Å²) < 4.78 is 50.2. The van der Waals surface area contributed by atoms with E-state index in [0.717, 1.165) is 6.07 Å². The third-order valence-electron chi connectivity index (χ3n) is 2.26. The highest BCUT2D eigenvalue weighted by atomic mass is 19.4. The van der Waals surface area contributed by atoms with Crippen molar-refractivity contribution in [3.05, 3.63) is 35.1 Å². The summed E-state index contributed by atoms with van der Waals surface area (Å²) in [5.41, 5.74) is -1.58. The topological polar surface area (TPSA) is 40.9 Å². The molecule has 1 aromatic carbocycles. The minimum absolute atomic E-state index is 0.239. The van der Waals surface area contributed by atoms with Crippen molar-refractivity contribution < 1.29 is 22.4 Å². The second kappa shape index (κ2) is 5.17. The van der Waals surface area contributed by atoms with Gasteiger partial charge < -0.3 is 0 Å². The molecule has 6 heteroatoms. The van der Waals surface area contributed by atoms with Gasteiger partial charge in [-0.05, 0) is 25.1 Å². The highest BCUT2D eigenvalue weighted by Gasteiger charge is 2.32. The summed E-state index contributed by atoms with van der Waals surface area (Å²) in [5.74, 6) is -2.44. The maximum atomic E-state index is 13.0. The van der Waals surface area contributed by atoms with Crippen LogP contribution in [-0.4, -0.2) is 5.78 Å². The van der Waals surface area contributed by atoms with Crippen molar-refractivity contribution in [2.45, 2.75) is 19.5 Å². The first-order valence-corrected chi connectivity index (χ1v) is 5.04. The summed E-state index contributed by atoms with van der Waals surface area (Å²) in [6.07, 6.45) is -4.95. The molecular weight excluding hydrogens is 250 g/mol. The maximum Gasteiger partial charge on any atom is 0.416 e. The van der Waals surface area contributed by atoms with Gasteiger partial charge in [-0.1, -0.05) is 0 Å². The van der Waals surface area contributed by atoms with Crippen LogP contribution in [-0.2, 0) is 6.18 Å². The number of halogens is 4. The van der Waals surface area contributed by atoms with Gasteiger partial charge in [0.25, 0.3) is 0 Å². The molecule has 0 aliphatic carbocycles. The molecule has 1 rings (SSSR count). The Bertz CT molecular complexity index is 502. The van der Waals surface area contributed by atoms with Crippen molar-refractivity contribution in [3.8, 4) is 6.07 Å². The number of alkyl halides is 3. The van der Waals surface area contributed by atoms with E-state index in [0.29, 0.717) is 12.1 Å². The number of rotatable bonds is 3. The van der Waals surface area contributed by atoms with Crippen LogP contribution in [0.25, 0.3) is 0 Å². The molecule has 0 radical (unpaired) electrons. The Hall–Kier alpha value is -1.90. The van der Waals surface area contributed by atoms with Crippen molar-refractivity contribution >= 4 is 5.78 Å². The quantitative estimate of drug-likeness (QED) is 0.615. The lowest BCUT2D eigenvalue weighted by molar-refractivity contribution is -0.137. The number of carbonyl (C=O) groups is 1. The van der Waals surface area contributed by atoms with Gasteiger partial charge in [-0.2, -0.15) is 18.4 Å². The van der Waals surface area contributed by atoms with Crippen LogP contribution in [0.2, 0.25) is 0 Å². The maximum absolute atomic E-state index is 13.0. The van der Waals surface area contributed by atoms with Crippen molar-refractivity contribution in [3.63, 3.8) is 0 Å². The van der Waals surface area contributed by atoms with Crippen LogP contribution < -0.4 is 0 Å². The Balaban J connectivity index is 3.08. The molecule has 0 fully saturated rings. The van der Waals surface area contributed by atoms with Crippen LogP contribution in [0.1, 0.15) is 29.3 Å². The summed E-state index contributed by atoms with van der Waals surface area (Å²) in [5, 5.41) is 8.51. The zero-order valence-corrected chi connectivity index (χ0v) is 9.38. The van der Waals surface area contributed by atoms with Gasteiger partial charge in [0.1, 0.15) is 5.82 Å². The SMILES string of the molecule is CC(C#N)CC(=O)c1cc(F)cc(C(F)(F)F)c1. The van der Waals surface area contributed by atoms with Crippen LogP contribution in [0.5, 0.6) is 0 Å². The fourth-order valence-corrected chi connectivity index (χ4v) is 1.36. The molecule has 18 heavy (non-hydrogen) atoms. The summed E-state index contributed by atoms with van der Waals surface area (Å²) in [4.78, 5) is 11.6. The molecule has 0 spiro atoms. The molecule has 0 saturated heterocycles. The van der Waals surface area contributed by atoms with E-state index in [2.05, 4.69) is 0 Å². The van der Waals surface area contributed by atoms with Gasteiger partial charge in [-0.3, -0.25) is 4.79 Å². The molecule has 0 amide bonds. The lowest BCUT2D eigenvalue weighted by atomic mass is 9.99. The lowest BCUT2D eigenvalue weighted by Crippen LogP contribution is -2.10. The normalized spacial score (nSPS) is 12.9. The van der Waals surface area contributed by atoms with Crippen molar-refractivity contribution in [2.75, 3.05) is 0 Å². The van der Waals surface area contributed by atoms with Crippen LogP contribution >= 0.6 is 0 Å². The minimum atomic E-state index is -4.71. The van der Waals surface area contributed by atoms with E-state index >= 15 is 0 Å². The monoisotopic (exact) mass is 259 g/mol. The van der Waals surface area contributed by atoms with E-state index < -0.39 is 29.3 Å². The largest absolute Gasteiger partial charge is 0.416 e. The number of benzene rings is 1. The highest BCUT2D eigenvalue weighted by molar-refractivity contribution is 5.96. The standard InChI is InChI=1S/C12H9F4NO/c1-7(6-17)2-11(18)8-3-9(12(14,15)16)5-10(13)4-8/h3-5,7H,2H2,1H3. The number of ketones is 1. The number of hydrogen-bond donors (Lipinski definition) is 0. The van der Waals surface area contributed by atoms with Crippen molar-refractivity contribution in [1.29, 1.82) is 5.26 Å². The first kappa shape index (κ1) is 14.2. The van der Waals surface area contributed by atoms with Crippen molar-refractivity contribution in [1.82, 2.24) is 0 Å². The Morgan fingerprint density at radius 1 is 1.39 bits per heavy atom. The van der Waals surface area contributed by atoms with Gasteiger partial charge in [0.05, 0.1) is 17.6 Å². The highest BCUT2D eigenvalue weighted by Crippen LogP contribution is 2.30. The summed E-state index contributed by atoms with van der Waals surface area (Å²) in [6.45, 7) is 1.46. The van der Waals surface area contributed by atoms with Crippen molar-refractivity contribution in [2.24, 2.45) is 5.92 Å². The van der Waals surface area contributed by atoms with E-state index in [1.807, 2.05) is 0 Å². The van der Waals surface area contributed by atoms with Gasteiger partial charge >= 0.3 is 6.18 Å². The molecule has 96 valence electrons. The Morgan fingerprint density at radius 2 is 2.00 bits per heavy atom. The molecule has 0 bridgehead atoms. The first-order valence-electron chi connectivity index (χ1n) is 5.04. The number of carbonyl (C=O) groups excluding carboxylic acids is 1. The van der Waals surface area contributed by atoms with Crippen LogP contribution in [0.3, 0.4) is 0 Å². The molecule has 0 saturated carbocycles. The predicted octanol–water partition coefficient (Wildman–Crippen LogP) is 3.58. The van der Waals surface area contributed by atoms with Gasteiger partial charge in [-0.15, -0.1) is 0 Å². The summed E-state index contributed by atoms with van der Waals surface area (Å²) in [6, 6.07) is 3.44. The first-order chi connectivity index (χ1) is 8.24. The van der Waals surface area contributed by atoms with E-state index in [4.69, 9.17) is 5.26 Å². The van der Waals surface area contributed by atoms with E-state index in [1.54, 1.807) is 6.07 Å². The van der Waals surface area contributed by atoms with E-state index in [9.17, 15) is 22.4 Å². The third-order valence-corrected chi connectivity index (χ3v) is 2.26. The minimum Gasteiger partial charge on any atom is -0.294 e. The van der Waals surface area contributed by atoms with Crippen LogP contribution in [0.15, 0.2) is 18.2 Å². The van der Waals surface area contributed by atoms with Gasteiger partial charge in [0.2, 0.25) is 0 Å². The summed E-state index contributed by atoms with van der Waals surface area (Å²) >= 11 is 0. The molecule has 1 aromatic rings. The second-order valence-corrected chi connectivity index (χ2v) is 3.88. The second-order valence-electron chi connectivity index (χ2n) is 3.88. The Morgan fingerprint density at radius 3 is 2.50 bits per heavy atom. The molecule has 0 aliphatic rings. The van der Waals surface area contributed by atoms with Gasteiger partial charge in [0, 0.05) is 12.0 Å². The molecule has 0 N–H and O–H groups in total. The van der Waals surface area contributed by atoms with Gasteiger partial charge in [-0.25, -0.2) is 4.39 Å². The lowest BCUT2D eigenvalue weighted by Gasteiger charge is -2.09. The van der Waals surface area contributed by atoms with E-state index in [1.165, 1.54) is 6.92 Å². The Kier molecular flexibility index (Phi) is 4.07. The smallest absolute Gasteiger partial charge is 0.294 e.